The van der Waals surface area contributed by atoms with Gasteiger partial charge in [-0.15, -0.1) is 0 Å². The topological polar surface area (TPSA) is 35.5 Å². The lowest BCUT2D eigenvalue weighted by molar-refractivity contribution is 0.122. The van der Waals surface area contributed by atoms with Crippen LogP contribution in [0.5, 0.6) is 0 Å². The lowest BCUT2D eigenvalue weighted by atomic mass is 10.0. The van der Waals surface area contributed by atoms with E-state index < -0.39 is 0 Å². The van der Waals surface area contributed by atoms with Gasteiger partial charge in [-0.05, 0) is 50.6 Å². The quantitative estimate of drug-likeness (QED) is 0.685. The van der Waals surface area contributed by atoms with Gasteiger partial charge in [-0.2, -0.15) is 0 Å². The maximum atomic E-state index is 9.90. The van der Waals surface area contributed by atoms with E-state index in [1.165, 1.54) is 45.2 Å². The molecule has 2 rings (SSSR count). The molecule has 94 valence electrons. The third-order valence-corrected chi connectivity index (χ3v) is 4.25. The molecule has 2 N–H and O–H groups in total. The van der Waals surface area contributed by atoms with Crippen LogP contribution in [0.2, 0.25) is 0 Å². The van der Waals surface area contributed by atoms with E-state index in [1.807, 2.05) is 0 Å². The fourth-order valence-electron chi connectivity index (χ4n) is 2.66. The normalized spacial score (nSPS) is 25.9. The van der Waals surface area contributed by atoms with Gasteiger partial charge in [0.05, 0.1) is 6.10 Å². The van der Waals surface area contributed by atoms with Gasteiger partial charge >= 0.3 is 0 Å². The molecule has 1 aliphatic heterocycles. The first-order valence-corrected chi connectivity index (χ1v) is 6.85. The molecular weight excluding hydrogens is 200 g/mol. The van der Waals surface area contributed by atoms with E-state index >= 15 is 0 Å². The number of hydrogen-bond donors (Lipinski definition) is 2. The number of likely N-dealkylation sites (tertiary alicyclic amines) is 1. The summed E-state index contributed by atoms with van der Waals surface area (Å²) in [6.45, 7) is 7.34. The van der Waals surface area contributed by atoms with Crippen LogP contribution in [-0.2, 0) is 0 Å². The van der Waals surface area contributed by atoms with Crippen LogP contribution in [0.25, 0.3) is 0 Å². The number of aliphatic hydroxyl groups excluding tert-OH is 1. The van der Waals surface area contributed by atoms with E-state index in [-0.39, 0.29) is 6.10 Å². The van der Waals surface area contributed by atoms with Gasteiger partial charge in [0.2, 0.25) is 0 Å². The number of rotatable bonds is 7. The van der Waals surface area contributed by atoms with Crippen LogP contribution in [-0.4, -0.2) is 48.8 Å². The number of nitrogens with zero attached hydrogens (tertiary/aromatic N) is 1. The van der Waals surface area contributed by atoms with Crippen LogP contribution in [0.4, 0.5) is 0 Å². The Kier molecular flexibility index (Phi) is 4.22. The monoisotopic (exact) mass is 226 g/mol. The van der Waals surface area contributed by atoms with E-state index in [0.29, 0.717) is 5.41 Å². The molecule has 1 saturated carbocycles. The SMILES string of the molecule is CCC1(CNCC(O)CN2CCCC2)CC1. The van der Waals surface area contributed by atoms with E-state index in [9.17, 15) is 5.11 Å². The predicted octanol–water partition coefficient (Wildman–Crippen LogP) is 1.22. The summed E-state index contributed by atoms with van der Waals surface area (Å²) < 4.78 is 0. The van der Waals surface area contributed by atoms with Gasteiger partial charge in [0, 0.05) is 19.6 Å². The molecule has 1 unspecified atom stereocenters. The molecule has 0 bridgehead atoms. The first-order valence-electron chi connectivity index (χ1n) is 6.85. The van der Waals surface area contributed by atoms with Gasteiger partial charge in [0.15, 0.2) is 0 Å². The molecule has 1 heterocycles. The third kappa shape index (κ3) is 3.44. The summed E-state index contributed by atoms with van der Waals surface area (Å²) in [5.41, 5.74) is 0.591. The third-order valence-electron chi connectivity index (χ3n) is 4.25. The van der Waals surface area contributed by atoms with Crippen molar-refractivity contribution < 1.29 is 5.11 Å². The first kappa shape index (κ1) is 12.3. The second-order valence-corrected chi connectivity index (χ2v) is 5.65. The van der Waals surface area contributed by atoms with Gasteiger partial charge in [0.25, 0.3) is 0 Å². The molecule has 2 aliphatic rings. The Labute approximate surface area is 99.2 Å². The van der Waals surface area contributed by atoms with Crippen molar-refractivity contribution in [3.8, 4) is 0 Å². The summed E-state index contributed by atoms with van der Waals surface area (Å²) in [5, 5.41) is 13.3. The minimum absolute atomic E-state index is 0.189. The molecule has 3 heteroatoms. The standard InChI is InChI=1S/C13H26N2O/c1-2-13(5-6-13)11-14-9-12(16)10-15-7-3-4-8-15/h12,14,16H,2-11H2,1H3. The molecule has 2 fully saturated rings. The van der Waals surface area contributed by atoms with Crippen LogP contribution in [0.3, 0.4) is 0 Å². The largest absolute Gasteiger partial charge is 0.390 e. The van der Waals surface area contributed by atoms with Gasteiger partial charge in [-0.1, -0.05) is 6.92 Å². The highest BCUT2D eigenvalue weighted by Gasteiger charge is 2.39. The molecule has 0 spiro atoms. The predicted molar refractivity (Wildman–Crippen MR) is 66.5 cm³/mol. The van der Waals surface area contributed by atoms with Crippen molar-refractivity contribution >= 4 is 0 Å². The molecule has 1 saturated heterocycles. The Morgan fingerprint density at radius 2 is 2.00 bits per heavy atom. The van der Waals surface area contributed by atoms with Crippen molar-refractivity contribution in [2.75, 3.05) is 32.7 Å². The fraction of sp³-hybridized carbons (Fsp3) is 1.00. The number of β-amino-alcohol motifs (C(OH)–C–C–N with tert-alkyl or cyclic N) is 1. The van der Waals surface area contributed by atoms with Gasteiger partial charge in [0.1, 0.15) is 0 Å². The van der Waals surface area contributed by atoms with E-state index in [0.717, 1.165) is 19.6 Å². The maximum Gasteiger partial charge on any atom is 0.0791 e. The summed E-state index contributed by atoms with van der Waals surface area (Å²) in [6.07, 6.45) is 6.45. The summed E-state index contributed by atoms with van der Waals surface area (Å²) in [4.78, 5) is 2.37. The molecule has 3 nitrogen and oxygen atoms in total. The average molecular weight is 226 g/mol. The van der Waals surface area contributed by atoms with Crippen LogP contribution < -0.4 is 5.32 Å². The van der Waals surface area contributed by atoms with Gasteiger partial charge in [-0.25, -0.2) is 0 Å². The Bertz CT molecular complexity index is 210. The Morgan fingerprint density at radius 1 is 1.31 bits per heavy atom. The van der Waals surface area contributed by atoms with Crippen molar-refractivity contribution in [3.05, 3.63) is 0 Å². The summed E-state index contributed by atoms with van der Waals surface area (Å²) in [6, 6.07) is 0. The molecule has 0 aromatic carbocycles. The number of aliphatic hydroxyl groups is 1. The second-order valence-electron chi connectivity index (χ2n) is 5.65. The molecule has 0 aromatic heterocycles. The molecule has 1 aliphatic carbocycles. The Hall–Kier alpha value is -0.120. The van der Waals surface area contributed by atoms with Crippen molar-refractivity contribution in [1.82, 2.24) is 10.2 Å². The highest BCUT2D eigenvalue weighted by Crippen LogP contribution is 2.47. The maximum absolute atomic E-state index is 9.90. The lowest BCUT2D eigenvalue weighted by Gasteiger charge is -2.21. The van der Waals surface area contributed by atoms with E-state index in [2.05, 4.69) is 17.1 Å². The molecule has 0 radical (unpaired) electrons. The van der Waals surface area contributed by atoms with Crippen LogP contribution in [0.15, 0.2) is 0 Å². The highest BCUT2D eigenvalue weighted by atomic mass is 16.3. The zero-order chi connectivity index (χ0) is 11.4. The van der Waals surface area contributed by atoms with Crippen LogP contribution in [0, 0.1) is 5.41 Å². The van der Waals surface area contributed by atoms with E-state index in [1.54, 1.807) is 0 Å². The first-order chi connectivity index (χ1) is 7.74. The molecule has 0 amide bonds. The highest BCUT2D eigenvalue weighted by molar-refractivity contribution is 4.93. The fourth-order valence-corrected chi connectivity index (χ4v) is 2.66. The van der Waals surface area contributed by atoms with Gasteiger partial charge in [-0.3, -0.25) is 0 Å². The van der Waals surface area contributed by atoms with Crippen molar-refractivity contribution in [2.24, 2.45) is 5.41 Å². The van der Waals surface area contributed by atoms with E-state index in [4.69, 9.17) is 0 Å². The van der Waals surface area contributed by atoms with Gasteiger partial charge < -0.3 is 15.3 Å². The number of nitrogens with one attached hydrogen (secondary N) is 1. The summed E-state index contributed by atoms with van der Waals surface area (Å²) >= 11 is 0. The number of hydrogen-bond acceptors (Lipinski definition) is 3. The lowest BCUT2D eigenvalue weighted by Crippen LogP contribution is -2.38. The van der Waals surface area contributed by atoms with Crippen molar-refractivity contribution in [3.63, 3.8) is 0 Å². The van der Waals surface area contributed by atoms with Crippen LogP contribution >= 0.6 is 0 Å². The summed E-state index contributed by atoms with van der Waals surface area (Å²) in [7, 11) is 0. The summed E-state index contributed by atoms with van der Waals surface area (Å²) in [5.74, 6) is 0. The zero-order valence-corrected chi connectivity index (χ0v) is 10.5. The zero-order valence-electron chi connectivity index (χ0n) is 10.5. The molecular formula is C13H26N2O. The Balaban J connectivity index is 1.55. The minimum atomic E-state index is -0.189. The minimum Gasteiger partial charge on any atom is -0.390 e. The Morgan fingerprint density at radius 3 is 2.56 bits per heavy atom. The smallest absolute Gasteiger partial charge is 0.0791 e. The second kappa shape index (κ2) is 5.48. The van der Waals surface area contributed by atoms with Crippen LogP contribution in [0.1, 0.15) is 39.0 Å². The average Bonchev–Trinajstić information content (AvgIpc) is 2.87. The molecule has 1 atom stereocenters. The molecule has 16 heavy (non-hydrogen) atoms. The van der Waals surface area contributed by atoms with Crippen molar-refractivity contribution in [2.45, 2.75) is 45.1 Å². The van der Waals surface area contributed by atoms with Crippen molar-refractivity contribution in [1.29, 1.82) is 0 Å². The molecule has 0 aromatic rings.